The Kier molecular flexibility index (Phi) is 38.9. The van der Waals surface area contributed by atoms with Gasteiger partial charge in [0.05, 0.1) is 13.2 Å². The van der Waals surface area contributed by atoms with E-state index in [1.165, 1.54) is 57.8 Å². The highest BCUT2D eigenvalue weighted by atomic mass is 31.2. The third kappa shape index (κ3) is 40.0. The summed E-state index contributed by atoms with van der Waals surface area (Å²) >= 11 is 0. The number of phosphoric ester groups is 1. The molecule has 1 unspecified atom stereocenters. The van der Waals surface area contributed by atoms with Crippen LogP contribution in [-0.2, 0) is 37.5 Å². The summed E-state index contributed by atoms with van der Waals surface area (Å²) in [4.78, 5) is 46.0. The molecule has 0 heterocycles. The minimum Gasteiger partial charge on any atom is -0.480 e. The zero-order chi connectivity index (χ0) is 42.8. The summed E-state index contributed by atoms with van der Waals surface area (Å²) in [5.74, 6) is -2.41. The van der Waals surface area contributed by atoms with Crippen LogP contribution >= 0.6 is 7.82 Å². The van der Waals surface area contributed by atoms with Gasteiger partial charge in [0.1, 0.15) is 12.6 Å². The molecule has 0 aliphatic rings. The Hall–Kier alpha value is -2.82. The van der Waals surface area contributed by atoms with Gasteiger partial charge in [-0.15, -0.1) is 0 Å². The number of phosphoric acid groups is 1. The number of carbonyl (C=O) groups is 3. The number of unbranched alkanes of at least 4 members (excludes halogenated alkanes) is 17. The summed E-state index contributed by atoms with van der Waals surface area (Å²) < 4.78 is 32.7. The molecular formula is C46H80NO10P. The summed E-state index contributed by atoms with van der Waals surface area (Å²) in [5, 5.41) is 8.89. The number of aliphatic carboxylic acids is 1. The van der Waals surface area contributed by atoms with Gasteiger partial charge in [0.2, 0.25) is 0 Å². The minimum absolute atomic E-state index is 0.138. The summed E-state index contributed by atoms with van der Waals surface area (Å²) in [6.45, 7) is 2.64. The second kappa shape index (κ2) is 40.9. The van der Waals surface area contributed by atoms with Crippen LogP contribution in [0.1, 0.15) is 181 Å². The fraction of sp³-hybridized carbons (Fsp3) is 0.717. The van der Waals surface area contributed by atoms with Gasteiger partial charge >= 0.3 is 25.7 Å². The van der Waals surface area contributed by atoms with Crippen LogP contribution in [-0.4, -0.2) is 59.9 Å². The maximum Gasteiger partial charge on any atom is 0.472 e. The number of carbonyl (C=O) groups excluding carboxylic acids is 2. The fourth-order valence-corrected chi connectivity index (χ4v) is 6.53. The number of nitrogens with two attached hydrogens (primary N) is 1. The highest BCUT2D eigenvalue weighted by molar-refractivity contribution is 7.47. The molecule has 0 bridgehead atoms. The van der Waals surface area contributed by atoms with E-state index in [0.29, 0.717) is 12.8 Å². The fourth-order valence-electron chi connectivity index (χ4n) is 5.76. The topological polar surface area (TPSA) is 172 Å². The zero-order valence-electron chi connectivity index (χ0n) is 36.1. The van der Waals surface area contributed by atoms with E-state index in [4.69, 9.17) is 24.8 Å². The van der Waals surface area contributed by atoms with E-state index in [1.807, 2.05) is 0 Å². The van der Waals surface area contributed by atoms with Gasteiger partial charge in [-0.25, -0.2) is 4.57 Å². The number of allylic oxidation sites excluding steroid dienone is 10. The smallest absolute Gasteiger partial charge is 0.472 e. The van der Waals surface area contributed by atoms with E-state index in [-0.39, 0.29) is 19.4 Å². The molecule has 0 spiro atoms. The van der Waals surface area contributed by atoms with E-state index in [9.17, 15) is 23.8 Å². The van der Waals surface area contributed by atoms with Crippen molar-refractivity contribution >= 4 is 25.7 Å². The molecule has 58 heavy (non-hydrogen) atoms. The van der Waals surface area contributed by atoms with Gasteiger partial charge in [-0.2, -0.15) is 0 Å². The van der Waals surface area contributed by atoms with Crippen LogP contribution < -0.4 is 5.73 Å². The number of esters is 2. The molecule has 0 saturated heterocycles. The highest BCUT2D eigenvalue weighted by Crippen LogP contribution is 2.43. The molecule has 0 radical (unpaired) electrons. The standard InChI is InChI=1S/C46H80NO10P/c1-3-5-7-9-11-13-15-17-19-20-21-22-24-25-27-29-31-33-35-37-44(48)54-39-42(40-55-58(52,53)56-41-43(47)46(50)51)57-45(49)38-36-34-32-30-28-26-23-18-16-14-12-10-8-6-4-2/h6,8,11-14,17-19,23,42-43H,3-5,7,9-10,15-16,20-22,24-41,47H2,1-2H3,(H,50,51)(H,52,53)/b8-6-,13-11-,14-12-,19-17-,23-18-/t42-,43+/m1/s1. The molecule has 0 amide bonds. The second-order valence-corrected chi connectivity index (χ2v) is 16.2. The van der Waals surface area contributed by atoms with Crippen molar-refractivity contribution in [2.24, 2.45) is 5.73 Å². The third-order valence-corrected chi connectivity index (χ3v) is 10.2. The number of ether oxygens (including phenoxy) is 2. The van der Waals surface area contributed by atoms with Crippen molar-refractivity contribution in [3.63, 3.8) is 0 Å². The Bertz CT molecular complexity index is 1210. The van der Waals surface area contributed by atoms with Gasteiger partial charge in [0.15, 0.2) is 6.10 Å². The van der Waals surface area contributed by atoms with Crippen molar-refractivity contribution in [3.05, 3.63) is 60.8 Å². The molecule has 3 atom stereocenters. The Labute approximate surface area is 351 Å². The van der Waals surface area contributed by atoms with Gasteiger partial charge in [-0.1, -0.05) is 152 Å². The van der Waals surface area contributed by atoms with Crippen molar-refractivity contribution in [1.29, 1.82) is 0 Å². The Balaban J connectivity index is 4.36. The number of hydrogen-bond donors (Lipinski definition) is 3. The quantitative estimate of drug-likeness (QED) is 0.0231. The van der Waals surface area contributed by atoms with Crippen LogP contribution in [0.25, 0.3) is 0 Å². The molecule has 0 aromatic carbocycles. The van der Waals surface area contributed by atoms with Gasteiger partial charge in [0, 0.05) is 12.8 Å². The molecule has 12 heteroatoms. The van der Waals surface area contributed by atoms with Crippen molar-refractivity contribution in [1.82, 2.24) is 0 Å². The van der Waals surface area contributed by atoms with Crippen molar-refractivity contribution < 1.29 is 47.5 Å². The lowest BCUT2D eigenvalue weighted by atomic mass is 10.1. The van der Waals surface area contributed by atoms with Crippen LogP contribution in [0.3, 0.4) is 0 Å². The summed E-state index contributed by atoms with van der Waals surface area (Å²) in [6, 6.07) is -1.53. The monoisotopic (exact) mass is 838 g/mol. The van der Waals surface area contributed by atoms with E-state index < -0.39 is 51.1 Å². The number of carboxylic acids is 1. The van der Waals surface area contributed by atoms with Crippen LogP contribution in [0.4, 0.5) is 0 Å². The van der Waals surface area contributed by atoms with E-state index in [1.54, 1.807) is 0 Å². The normalized spacial score (nSPS) is 14.3. The maximum absolute atomic E-state index is 12.6. The average Bonchev–Trinajstić information content (AvgIpc) is 3.20. The second-order valence-electron chi connectivity index (χ2n) is 14.8. The minimum atomic E-state index is -4.72. The Morgan fingerprint density at radius 1 is 0.552 bits per heavy atom. The SMILES string of the molecule is CC/C=C\C/C=C\C/C=C\CCCCCCCC(=O)O[C@H](COC(=O)CCCCCCCCCCC/C=C\C/C=C\CCCCC)COP(=O)(O)OC[C@H](N)C(=O)O. The zero-order valence-corrected chi connectivity index (χ0v) is 37.0. The first-order chi connectivity index (χ1) is 28.1. The average molecular weight is 838 g/mol. The van der Waals surface area contributed by atoms with Gasteiger partial charge in [0.25, 0.3) is 0 Å². The predicted octanol–water partition coefficient (Wildman–Crippen LogP) is 12.0. The maximum atomic E-state index is 12.6. The molecule has 11 nitrogen and oxygen atoms in total. The van der Waals surface area contributed by atoms with E-state index in [2.05, 4.69) is 79.1 Å². The lowest BCUT2D eigenvalue weighted by Crippen LogP contribution is -2.34. The van der Waals surface area contributed by atoms with Crippen molar-refractivity contribution in [3.8, 4) is 0 Å². The van der Waals surface area contributed by atoms with Crippen LogP contribution in [0.15, 0.2) is 60.8 Å². The van der Waals surface area contributed by atoms with Gasteiger partial charge < -0.3 is 25.2 Å². The van der Waals surface area contributed by atoms with Crippen LogP contribution in [0.2, 0.25) is 0 Å². The number of hydrogen-bond acceptors (Lipinski definition) is 9. The molecule has 0 fully saturated rings. The molecule has 0 aliphatic heterocycles. The molecule has 0 saturated carbocycles. The summed E-state index contributed by atoms with van der Waals surface area (Å²) in [6.07, 6.45) is 47.1. The highest BCUT2D eigenvalue weighted by Gasteiger charge is 2.28. The first kappa shape index (κ1) is 55.2. The summed E-state index contributed by atoms with van der Waals surface area (Å²) in [5.41, 5.74) is 5.33. The van der Waals surface area contributed by atoms with E-state index >= 15 is 0 Å². The number of carboxylic acid groups (broad SMARTS) is 1. The molecule has 0 aromatic heterocycles. The first-order valence-electron chi connectivity index (χ1n) is 22.3. The van der Waals surface area contributed by atoms with Crippen LogP contribution in [0, 0.1) is 0 Å². The van der Waals surface area contributed by atoms with Crippen molar-refractivity contribution in [2.75, 3.05) is 19.8 Å². The van der Waals surface area contributed by atoms with Crippen LogP contribution in [0.5, 0.6) is 0 Å². The van der Waals surface area contributed by atoms with E-state index in [0.717, 1.165) is 83.5 Å². The Morgan fingerprint density at radius 3 is 1.45 bits per heavy atom. The molecule has 0 aliphatic carbocycles. The van der Waals surface area contributed by atoms with Gasteiger partial charge in [-0.3, -0.25) is 23.4 Å². The summed E-state index contributed by atoms with van der Waals surface area (Å²) in [7, 11) is -4.72. The molecule has 4 N–H and O–H groups in total. The third-order valence-electron chi connectivity index (χ3n) is 9.25. The Morgan fingerprint density at radius 2 is 0.966 bits per heavy atom. The lowest BCUT2D eigenvalue weighted by molar-refractivity contribution is -0.161. The first-order valence-corrected chi connectivity index (χ1v) is 23.8. The molecule has 0 rings (SSSR count). The van der Waals surface area contributed by atoms with Crippen molar-refractivity contribution in [2.45, 2.75) is 193 Å². The molecule has 0 aromatic rings. The predicted molar refractivity (Wildman–Crippen MR) is 235 cm³/mol. The molecule has 334 valence electrons. The lowest BCUT2D eigenvalue weighted by Gasteiger charge is -2.20. The molecular weight excluding hydrogens is 757 g/mol. The number of rotatable bonds is 41. The largest absolute Gasteiger partial charge is 0.480 e. The van der Waals surface area contributed by atoms with Gasteiger partial charge in [-0.05, 0) is 77.0 Å².